The van der Waals surface area contributed by atoms with E-state index in [1.807, 2.05) is 85.8 Å². The van der Waals surface area contributed by atoms with Crippen LogP contribution in [-0.4, -0.2) is 15.6 Å². The van der Waals surface area contributed by atoms with Crippen LogP contribution in [-0.2, 0) is 0 Å². The van der Waals surface area contributed by atoms with Gasteiger partial charge in [-0.15, -0.1) is 0 Å². The topological polar surface area (TPSA) is 44.1 Å². The third-order valence-electron chi connectivity index (χ3n) is 4.48. The zero-order valence-electron chi connectivity index (χ0n) is 16.0. The van der Waals surface area contributed by atoms with Crippen molar-refractivity contribution in [3.63, 3.8) is 0 Å². The van der Waals surface area contributed by atoms with E-state index in [-0.39, 0.29) is 5.78 Å². The number of carbonyl (C=O) groups excluding carboxylic acids is 1. The van der Waals surface area contributed by atoms with Crippen molar-refractivity contribution in [2.75, 3.05) is 0 Å². The minimum absolute atomic E-state index is 0.0666. The Morgan fingerprint density at radius 1 is 0.862 bits per heavy atom. The molecule has 0 saturated carbocycles. The first kappa shape index (κ1) is 18.4. The Morgan fingerprint density at radius 3 is 2.10 bits per heavy atom. The van der Waals surface area contributed by atoms with Crippen LogP contribution in [0.2, 0.25) is 0 Å². The van der Waals surface area contributed by atoms with E-state index in [2.05, 4.69) is 5.10 Å². The summed E-state index contributed by atoms with van der Waals surface area (Å²) in [6, 6.07) is 28.5. The van der Waals surface area contributed by atoms with Gasteiger partial charge < -0.3 is 4.74 Å². The molecule has 0 saturated heterocycles. The largest absolute Gasteiger partial charge is 0.438 e. The lowest BCUT2D eigenvalue weighted by atomic mass is 10.1. The maximum absolute atomic E-state index is 12.5. The number of hydrogen-bond acceptors (Lipinski definition) is 3. The van der Waals surface area contributed by atoms with Gasteiger partial charge in [0, 0.05) is 5.56 Å². The van der Waals surface area contributed by atoms with Crippen molar-refractivity contribution in [1.82, 2.24) is 9.78 Å². The summed E-state index contributed by atoms with van der Waals surface area (Å²) in [7, 11) is 0. The second-order valence-electron chi connectivity index (χ2n) is 6.53. The fourth-order valence-electron chi connectivity index (χ4n) is 3.01. The van der Waals surface area contributed by atoms with Crippen LogP contribution in [0.4, 0.5) is 0 Å². The van der Waals surface area contributed by atoms with Gasteiger partial charge in [0.25, 0.3) is 0 Å². The number of allylic oxidation sites excluding steroid dienone is 1. The average molecular weight is 380 g/mol. The average Bonchev–Trinajstić information content (AvgIpc) is 3.09. The molecule has 0 radical (unpaired) electrons. The van der Waals surface area contributed by atoms with E-state index >= 15 is 0 Å². The molecule has 4 nitrogen and oxygen atoms in total. The number of carbonyl (C=O) groups is 1. The smallest absolute Gasteiger partial charge is 0.230 e. The van der Waals surface area contributed by atoms with Gasteiger partial charge >= 0.3 is 0 Å². The molecule has 0 fully saturated rings. The number of para-hydroxylation sites is 2. The van der Waals surface area contributed by atoms with Gasteiger partial charge in [0.05, 0.1) is 16.9 Å². The minimum atomic E-state index is -0.0666. The van der Waals surface area contributed by atoms with Gasteiger partial charge in [0.2, 0.25) is 5.88 Å². The number of ether oxygens (including phenoxy) is 1. The number of nitrogens with zero attached hydrogens (tertiary/aromatic N) is 2. The van der Waals surface area contributed by atoms with E-state index in [4.69, 9.17) is 4.74 Å². The van der Waals surface area contributed by atoms with Crippen molar-refractivity contribution in [3.8, 4) is 17.3 Å². The molecule has 4 aromatic rings. The molecule has 0 bridgehead atoms. The zero-order valence-corrected chi connectivity index (χ0v) is 16.0. The Labute approximate surface area is 169 Å². The van der Waals surface area contributed by atoms with Gasteiger partial charge in [-0.05, 0) is 43.3 Å². The van der Waals surface area contributed by atoms with E-state index in [1.165, 1.54) is 0 Å². The van der Waals surface area contributed by atoms with Gasteiger partial charge in [-0.25, -0.2) is 0 Å². The Balaban J connectivity index is 1.75. The molecular formula is C25H20N2O2. The van der Waals surface area contributed by atoms with E-state index in [0.29, 0.717) is 17.2 Å². The molecule has 0 aliphatic heterocycles. The maximum Gasteiger partial charge on any atom is 0.230 e. The molecule has 0 N–H and O–H groups in total. The number of ketones is 1. The fourth-order valence-corrected chi connectivity index (χ4v) is 3.01. The van der Waals surface area contributed by atoms with Crippen LogP contribution >= 0.6 is 0 Å². The second kappa shape index (κ2) is 8.40. The van der Waals surface area contributed by atoms with Crippen molar-refractivity contribution >= 4 is 11.9 Å². The molecule has 4 rings (SSSR count). The van der Waals surface area contributed by atoms with Crippen LogP contribution < -0.4 is 4.74 Å². The molecule has 0 spiro atoms. The molecule has 0 amide bonds. The van der Waals surface area contributed by atoms with Gasteiger partial charge in [-0.3, -0.25) is 4.79 Å². The summed E-state index contributed by atoms with van der Waals surface area (Å²) in [6.07, 6.45) is 3.34. The van der Waals surface area contributed by atoms with E-state index < -0.39 is 0 Å². The first-order valence-electron chi connectivity index (χ1n) is 9.38. The predicted molar refractivity (Wildman–Crippen MR) is 115 cm³/mol. The minimum Gasteiger partial charge on any atom is -0.438 e. The van der Waals surface area contributed by atoms with Gasteiger partial charge in [-0.1, -0.05) is 66.7 Å². The highest BCUT2D eigenvalue weighted by Crippen LogP contribution is 2.31. The van der Waals surface area contributed by atoms with Crippen molar-refractivity contribution in [3.05, 3.63) is 114 Å². The third-order valence-corrected chi connectivity index (χ3v) is 4.48. The number of benzene rings is 3. The Morgan fingerprint density at radius 2 is 1.45 bits per heavy atom. The van der Waals surface area contributed by atoms with Crippen molar-refractivity contribution in [2.45, 2.75) is 6.92 Å². The van der Waals surface area contributed by atoms with Crippen LogP contribution in [0, 0.1) is 6.92 Å². The van der Waals surface area contributed by atoms with Gasteiger partial charge in [0.15, 0.2) is 5.78 Å². The SMILES string of the molecule is Cc1nn(-c2ccccc2)c(Oc2ccccc2)c1/C=C/C(=O)c1ccccc1. The van der Waals surface area contributed by atoms with Crippen LogP contribution in [0.5, 0.6) is 11.6 Å². The number of aromatic nitrogens is 2. The molecule has 1 aromatic heterocycles. The second-order valence-corrected chi connectivity index (χ2v) is 6.53. The van der Waals surface area contributed by atoms with Crippen LogP contribution in [0.15, 0.2) is 97.1 Å². The summed E-state index contributed by atoms with van der Waals surface area (Å²) >= 11 is 0. The van der Waals surface area contributed by atoms with Crippen LogP contribution in [0.25, 0.3) is 11.8 Å². The lowest BCUT2D eigenvalue weighted by Crippen LogP contribution is -2.00. The molecule has 3 aromatic carbocycles. The summed E-state index contributed by atoms with van der Waals surface area (Å²) in [5, 5.41) is 4.66. The maximum atomic E-state index is 12.5. The fraction of sp³-hybridized carbons (Fsp3) is 0.0400. The number of aryl methyl sites for hydroxylation is 1. The van der Waals surface area contributed by atoms with Crippen molar-refractivity contribution in [1.29, 1.82) is 0 Å². The van der Waals surface area contributed by atoms with Gasteiger partial charge in [-0.2, -0.15) is 9.78 Å². The normalized spacial score (nSPS) is 10.9. The highest BCUT2D eigenvalue weighted by molar-refractivity contribution is 6.06. The monoisotopic (exact) mass is 380 g/mol. The standard InChI is InChI=1S/C25H20N2O2/c1-19-23(17-18-24(28)20-11-5-2-6-12-20)25(29-22-15-9-4-10-16-22)27(26-19)21-13-7-3-8-14-21/h2-18H,1H3/b18-17+. The Kier molecular flexibility index (Phi) is 5.34. The molecule has 29 heavy (non-hydrogen) atoms. The van der Waals surface area contributed by atoms with Crippen molar-refractivity contribution < 1.29 is 9.53 Å². The van der Waals surface area contributed by atoms with E-state index in [9.17, 15) is 4.79 Å². The number of rotatable bonds is 6. The summed E-state index contributed by atoms with van der Waals surface area (Å²) < 4.78 is 7.95. The quantitative estimate of drug-likeness (QED) is 0.310. The summed E-state index contributed by atoms with van der Waals surface area (Å²) in [6.45, 7) is 1.91. The zero-order chi connectivity index (χ0) is 20.1. The lowest BCUT2D eigenvalue weighted by Gasteiger charge is -2.10. The molecule has 1 heterocycles. The number of hydrogen-bond donors (Lipinski definition) is 0. The highest BCUT2D eigenvalue weighted by atomic mass is 16.5. The lowest BCUT2D eigenvalue weighted by molar-refractivity contribution is 0.104. The summed E-state index contributed by atoms with van der Waals surface area (Å²) in [5.41, 5.74) is 3.07. The molecule has 0 unspecified atom stereocenters. The third kappa shape index (κ3) is 4.17. The molecule has 142 valence electrons. The van der Waals surface area contributed by atoms with Crippen LogP contribution in [0.1, 0.15) is 21.6 Å². The predicted octanol–water partition coefficient (Wildman–Crippen LogP) is 5.87. The Bertz CT molecular complexity index is 1130. The molecule has 0 aliphatic carbocycles. The first-order chi connectivity index (χ1) is 14.2. The Hall–Kier alpha value is -3.92. The highest BCUT2D eigenvalue weighted by Gasteiger charge is 2.17. The van der Waals surface area contributed by atoms with Gasteiger partial charge in [0.1, 0.15) is 5.75 Å². The van der Waals surface area contributed by atoms with E-state index in [0.717, 1.165) is 16.9 Å². The van der Waals surface area contributed by atoms with E-state index in [1.54, 1.807) is 29.0 Å². The molecule has 0 atom stereocenters. The first-order valence-corrected chi connectivity index (χ1v) is 9.38. The summed E-state index contributed by atoms with van der Waals surface area (Å²) in [5.74, 6) is 1.20. The molecule has 4 heteroatoms. The summed E-state index contributed by atoms with van der Waals surface area (Å²) in [4.78, 5) is 12.5. The molecule has 0 aliphatic rings. The van der Waals surface area contributed by atoms with Crippen molar-refractivity contribution in [2.24, 2.45) is 0 Å². The van der Waals surface area contributed by atoms with Crippen LogP contribution in [0.3, 0.4) is 0 Å². The molecular weight excluding hydrogens is 360 g/mol.